The Bertz CT molecular complexity index is 4290. The Morgan fingerprint density at radius 3 is 0.900 bits per heavy atom. The van der Waals surface area contributed by atoms with Crippen molar-refractivity contribution in [1.29, 1.82) is 0 Å². The van der Waals surface area contributed by atoms with Gasteiger partial charge in [0.1, 0.15) is 0 Å². The zero-order chi connectivity index (χ0) is 53.2. The van der Waals surface area contributed by atoms with Crippen molar-refractivity contribution in [2.24, 2.45) is 0 Å². The summed E-state index contributed by atoms with van der Waals surface area (Å²) in [6.45, 7) is 0. The Hall–Kier alpha value is -10.7. The van der Waals surface area contributed by atoms with Crippen LogP contribution in [0.4, 0.5) is 17.1 Å². The summed E-state index contributed by atoms with van der Waals surface area (Å²) in [6, 6.07) is 111. The third-order valence-corrected chi connectivity index (χ3v) is 15.4. The predicted octanol–water partition coefficient (Wildman–Crippen LogP) is 20.8. The van der Waals surface area contributed by atoms with Crippen molar-refractivity contribution in [1.82, 2.24) is 10.2 Å². The molecule has 376 valence electrons. The normalized spacial score (nSPS) is 11.2. The van der Waals surface area contributed by atoms with Crippen LogP contribution in [0.25, 0.3) is 122 Å². The van der Waals surface area contributed by atoms with Crippen LogP contribution in [0.15, 0.2) is 314 Å². The Morgan fingerprint density at radius 1 is 0.200 bits per heavy atom. The van der Waals surface area contributed by atoms with Crippen molar-refractivity contribution in [3.8, 4) is 101 Å². The molecular formula is C76H51N3O. The largest absolute Gasteiger partial charge is 0.416 e. The van der Waals surface area contributed by atoms with Crippen molar-refractivity contribution in [3.05, 3.63) is 309 Å². The highest BCUT2D eigenvalue weighted by molar-refractivity contribution is 5.98. The third kappa shape index (κ3) is 9.31. The van der Waals surface area contributed by atoms with Gasteiger partial charge in [-0.3, -0.25) is 0 Å². The van der Waals surface area contributed by atoms with E-state index in [0.29, 0.717) is 11.8 Å². The van der Waals surface area contributed by atoms with Gasteiger partial charge in [0.15, 0.2) is 0 Å². The van der Waals surface area contributed by atoms with E-state index < -0.39 is 0 Å². The number of nitrogens with zero attached hydrogens (tertiary/aromatic N) is 3. The van der Waals surface area contributed by atoms with Crippen LogP contribution in [0.5, 0.6) is 0 Å². The minimum Gasteiger partial charge on any atom is -0.416 e. The molecule has 14 aromatic rings. The summed E-state index contributed by atoms with van der Waals surface area (Å²) in [5.74, 6) is 0.991. The second kappa shape index (κ2) is 21.0. The molecule has 0 aliphatic rings. The van der Waals surface area contributed by atoms with Gasteiger partial charge in [-0.2, -0.15) is 0 Å². The molecule has 0 atom stereocenters. The predicted molar refractivity (Wildman–Crippen MR) is 333 cm³/mol. The van der Waals surface area contributed by atoms with Crippen molar-refractivity contribution in [2.45, 2.75) is 0 Å². The zero-order valence-corrected chi connectivity index (χ0v) is 43.7. The molecule has 0 N–H and O–H groups in total. The molecule has 4 nitrogen and oxygen atoms in total. The van der Waals surface area contributed by atoms with E-state index >= 15 is 0 Å². The molecule has 1 aromatic heterocycles. The second-order valence-corrected chi connectivity index (χ2v) is 20.1. The van der Waals surface area contributed by atoms with E-state index in [1.165, 1.54) is 54.9 Å². The van der Waals surface area contributed by atoms with Gasteiger partial charge in [0.25, 0.3) is 0 Å². The average Bonchev–Trinajstić information content (AvgIpc) is 4.05. The summed E-state index contributed by atoms with van der Waals surface area (Å²) in [4.78, 5) is 2.35. The minimum atomic E-state index is 0.489. The number of hydrogen-bond acceptors (Lipinski definition) is 4. The van der Waals surface area contributed by atoms with E-state index in [1.54, 1.807) is 0 Å². The number of aromatic nitrogens is 2. The minimum absolute atomic E-state index is 0.489. The molecule has 0 aliphatic carbocycles. The van der Waals surface area contributed by atoms with Gasteiger partial charge >= 0.3 is 0 Å². The van der Waals surface area contributed by atoms with Crippen LogP contribution in [-0.2, 0) is 0 Å². The van der Waals surface area contributed by atoms with Crippen LogP contribution >= 0.6 is 0 Å². The fourth-order valence-corrected chi connectivity index (χ4v) is 11.3. The number of rotatable bonds is 12. The van der Waals surface area contributed by atoms with E-state index in [4.69, 9.17) is 4.42 Å². The first kappa shape index (κ1) is 47.7. The average molecular weight is 1020 g/mol. The summed E-state index contributed by atoms with van der Waals surface area (Å²) in [5, 5.41) is 13.7. The highest BCUT2D eigenvalue weighted by Crippen LogP contribution is 2.42. The first-order valence-corrected chi connectivity index (χ1v) is 27.1. The van der Waals surface area contributed by atoms with Gasteiger partial charge in [-0.25, -0.2) is 0 Å². The molecule has 0 radical (unpaired) electrons. The van der Waals surface area contributed by atoms with E-state index in [0.717, 1.165) is 72.7 Å². The molecule has 0 saturated carbocycles. The first-order chi connectivity index (χ1) is 39.6. The molecule has 0 amide bonds. The fraction of sp³-hybridized carbons (Fsp3) is 0. The van der Waals surface area contributed by atoms with Crippen LogP contribution in [0.1, 0.15) is 0 Å². The SMILES string of the molecule is c1ccc(-c2nnc(-c3ccc(-c4ccccc4-c4ccccc4-c4ccc(N(c5ccc(-c6ccc(-c7cccc8ccccc78)cc6)cc5)c5ccc(-c6ccc(-c7cccc8ccccc78)cc6)cc5)cc4)cc3)o2)cc1. The van der Waals surface area contributed by atoms with E-state index in [9.17, 15) is 0 Å². The molecule has 80 heavy (non-hydrogen) atoms. The standard InChI is InChI=1S/C76H51N3O/c1-2-16-62(17-3-1)75-77-78-76(80-75)63-38-36-60(37-39-63)71-22-8-10-24-73(71)74-25-11-9-23-72(74)61-44-50-66(51-45-61)79(64-46-40-54(41-47-64)52-28-32-58(33-29-52)69-26-12-18-56-14-4-6-20-67(56)69)65-48-42-55(43-49-65)53-30-34-59(35-31-53)70-27-13-19-57-15-5-7-21-68(57)70/h1-51H. The number of hydrogen-bond donors (Lipinski definition) is 0. The summed E-state index contributed by atoms with van der Waals surface area (Å²) >= 11 is 0. The Balaban J connectivity index is 0.775. The zero-order valence-electron chi connectivity index (χ0n) is 43.7. The fourth-order valence-electron chi connectivity index (χ4n) is 11.3. The van der Waals surface area contributed by atoms with Crippen molar-refractivity contribution in [3.63, 3.8) is 0 Å². The number of anilines is 3. The maximum absolute atomic E-state index is 6.10. The lowest BCUT2D eigenvalue weighted by atomic mass is 9.89. The summed E-state index contributed by atoms with van der Waals surface area (Å²) in [5.41, 5.74) is 21.3. The smallest absolute Gasteiger partial charge is 0.248 e. The topological polar surface area (TPSA) is 42.2 Å². The monoisotopic (exact) mass is 1020 g/mol. The molecular weight excluding hydrogens is 971 g/mol. The number of fused-ring (bicyclic) bond motifs is 2. The molecule has 0 spiro atoms. The van der Waals surface area contributed by atoms with Crippen LogP contribution in [0.2, 0.25) is 0 Å². The second-order valence-electron chi connectivity index (χ2n) is 20.1. The van der Waals surface area contributed by atoms with Crippen LogP contribution in [0.3, 0.4) is 0 Å². The maximum Gasteiger partial charge on any atom is 0.248 e. The molecule has 0 unspecified atom stereocenters. The molecule has 4 heteroatoms. The van der Waals surface area contributed by atoms with Crippen LogP contribution in [0, 0.1) is 0 Å². The highest BCUT2D eigenvalue weighted by atomic mass is 16.4. The van der Waals surface area contributed by atoms with Gasteiger partial charge < -0.3 is 9.32 Å². The quantitative estimate of drug-likeness (QED) is 0.122. The van der Waals surface area contributed by atoms with E-state index in [-0.39, 0.29) is 0 Å². The highest BCUT2D eigenvalue weighted by Gasteiger charge is 2.18. The van der Waals surface area contributed by atoms with E-state index in [1.807, 2.05) is 30.3 Å². The van der Waals surface area contributed by atoms with Crippen molar-refractivity contribution in [2.75, 3.05) is 4.90 Å². The van der Waals surface area contributed by atoms with Crippen LogP contribution < -0.4 is 4.90 Å². The molecule has 0 aliphatic heterocycles. The maximum atomic E-state index is 6.10. The van der Waals surface area contributed by atoms with Gasteiger partial charge in [-0.05, 0) is 160 Å². The van der Waals surface area contributed by atoms with E-state index in [2.05, 4.69) is 294 Å². The van der Waals surface area contributed by atoms with Crippen molar-refractivity contribution >= 4 is 38.6 Å². The molecule has 1 heterocycles. The van der Waals surface area contributed by atoms with Gasteiger partial charge in [-0.1, -0.05) is 249 Å². The first-order valence-electron chi connectivity index (χ1n) is 27.1. The third-order valence-electron chi connectivity index (χ3n) is 15.4. The molecule has 0 bridgehead atoms. The van der Waals surface area contributed by atoms with Crippen molar-refractivity contribution < 1.29 is 4.42 Å². The van der Waals surface area contributed by atoms with Crippen LogP contribution in [-0.4, -0.2) is 10.2 Å². The van der Waals surface area contributed by atoms with Gasteiger partial charge in [0.2, 0.25) is 11.8 Å². The Labute approximate surface area is 465 Å². The Morgan fingerprint density at radius 2 is 0.475 bits per heavy atom. The lowest BCUT2D eigenvalue weighted by molar-refractivity contribution is 0.584. The number of benzene rings is 13. The van der Waals surface area contributed by atoms with Gasteiger partial charge in [0.05, 0.1) is 0 Å². The molecule has 13 aromatic carbocycles. The lowest BCUT2D eigenvalue weighted by Crippen LogP contribution is -2.09. The summed E-state index contributed by atoms with van der Waals surface area (Å²) in [6.07, 6.45) is 0. The molecule has 0 fully saturated rings. The van der Waals surface area contributed by atoms with Gasteiger partial charge in [0, 0.05) is 28.2 Å². The van der Waals surface area contributed by atoms with Gasteiger partial charge in [-0.15, -0.1) is 10.2 Å². The lowest BCUT2D eigenvalue weighted by Gasteiger charge is -2.26. The molecule has 0 saturated heterocycles. The summed E-state index contributed by atoms with van der Waals surface area (Å²) in [7, 11) is 0. The molecule has 14 rings (SSSR count). The Kier molecular flexibility index (Phi) is 12.6. The summed E-state index contributed by atoms with van der Waals surface area (Å²) < 4.78 is 6.10.